The number of rotatable bonds is 3. The highest BCUT2D eigenvalue weighted by Gasteiger charge is 2.10. The van der Waals surface area contributed by atoms with Crippen LogP contribution in [0.5, 0.6) is 0 Å². The van der Waals surface area contributed by atoms with E-state index in [2.05, 4.69) is 27.1 Å². The van der Waals surface area contributed by atoms with Crippen molar-refractivity contribution in [3.05, 3.63) is 53.6 Å². The summed E-state index contributed by atoms with van der Waals surface area (Å²) in [5, 5.41) is 11.5. The third kappa shape index (κ3) is 4.13. The fourth-order valence-electron chi connectivity index (χ4n) is 1.74. The maximum Gasteiger partial charge on any atom is 0.257 e. The van der Waals surface area contributed by atoms with Crippen LogP contribution in [0.3, 0.4) is 0 Å². The molecule has 2 rings (SSSR count). The Bertz CT molecular complexity index is 688. The van der Waals surface area contributed by atoms with Gasteiger partial charge in [0, 0.05) is 12.0 Å². The topological polar surface area (TPSA) is 75.1 Å². The van der Waals surface area contributed by atoms with E-state index in [1.165, 1.54) is 18.7 Å². The van der Waals surface area contributed by atoms with Crippen molar-refractivity contribution in [1.29, 1.82) is 0 Å². The maximum absolute atomic E-state index is 12.3. The van der Waals surface area contributed by atoms with Gasteiger partial charge < -0.3 is 10.4 Å². The average molecular weight is 281 g/mol. The third-order valence-corrected chi connectivity index (χ3v) is 2.70. The van der Waals surface area contributed by atoms with E-state index in [1.807, 2.05) is 19.1 Å². The molecule has 5 heteroatoms. The first-order chi connectivity index (χ1) is 10.2. The Kier molecular flexibility index (Phi) is 5.02. The Morgan fingerprint density at radius 2 is 2.10 bits per heavy atom. The van der Waals surface area contributed by atoms with Gasteiger partial charge in [-0.3, -0.25) is 4.79 Å². The minimum atomic E-state index is -0.266. The summed E-state index contributed by atoms with van der Waals surface area (Å²) in [4.78, 5) is 20.0. The number of amides is 1. The van der Waals surface area contributed by atoms with E-state index in [0.29, 0.717) is 23.2 Å². The van der Waals surface area contributed by atoms with Gasteiger partial charge in [0.05, 0.1) is 30.3 Å². The van der Waals surface area contributed by atoms with Crippen LogP contribution in [-0.4, -0.2) is 27.6 Å². The predicted octanol–water partition coefficient (Wildman–Crippen LogP) is 1.77. The van der Waals surface area contributed by atoms with E-state index in [9.17, 15) is 4.79 Å². The molecule has 0 atom stereocenters. The molecule has 21 heavy (non-hydrogen) atoms. The Morgan fingerprint density at radius 1 is 1.33 bits per heavy atom. The van der Waals surface area contributed by atoms with Gasteiger partial charge in [-0.05, 0) is 24.6 Å². The van der Waals surface area contributed by atoms with Crippen molar-refractivity contribution >= 4 is 11.6 Å². The first kappa shape index (κ1) is 14.7. The number of hydrogen-bond acceptors (Lipinski definition) is 4. The summed E-state index contributed by atoms with van der Waals surface area (Å²) in [5.41, 5.74) is 2.66. The number of nitrogens with one attached hydrogen (secondary N) is 1. The molecule has 1 aromatic heterocycles. The van der Waals surface area contributed by atoms with Crippen LogP contribution in [0, 0.1) is 18.8 Å². The maximum atomic E-state index is 12.3. The summed E-state index contributed by atoms with van der Waals surface area (Å²) in [6, 6.07) is 5.44. The lowest BCUT2D eigenvalue weighted by atomic mass is 10.0. The number of hydrogen-bond donors (Lipinski definition) is 2. The number of aliphatic hydroxyl groups excluding tert-OH is 1. The molecular formula is C16H15N3O2. The number of carbonyl (C=O) groups excluding carboxylic acids is 1. The van der Waals surface area contributed by atoms with Gasteiger partial charge >= 0.3 is 0 Å². The Morgan fingerprint density at radius 3 is 2.81 bits per heavy atom. The van der Waals surface area contributed by atoms with Gasteiger partial charge in [-0.25, -0.2) is 9.97 Å². The molecular weight excluding hydrogens is 266 g/mol. The van der Waals surface area contributed by atoms with Crippen LogP contribution in [-0.2, 0) is 0 Å². The number of aliphatic hydroxyl groups is 1. The van der Waals surface area contributed by atoms with E-state index in [-0.39, 0.29) is 12.5 Å². The highest BCUT2D eigenvalue weighted by atomic mass is 16.2. The van der Waals surface area contributed by atoms with Crippen LogP contribution in [0.15, 0.2) is 36.9 Å². The average Bonchev–Trinajstić information content (AvgIpc) is 2.48. The number of aryl methyl sites for hydroxylation is 1. The Hall–Kier alpha value is -2.71. The van der Waals surface area contributed by atoms with Gasteiger partial charge in [0.15, 0.2) is 0 Å². The predicted molar refractivity (Wildman–Crippen MR) is 79.7 cm³/mol. The highest BCUT2D eigenvalue weighted by molar-refractivity contribution is 6.05. The molecule has 0 aliphatic heterocycles. The van der Waals surface area contributed by atoms with Gasteiger partial charge in [-0.2, -0.15) is 0 Å². The van der Waals surface area contributed by atoms with Gasteiger partial charge in [-0.15, -0.1) is 0 Å². The number of carbonyl (C=O) groups is 1. The van der Waals surface area contributed by atoms with Crippen LogP contribution in [0.1, 0.15) is 27.9 Å². The zero-order chi connectivity index (χ0) is 15.1. The number of benzene rings is 1. The summed E-state index contributed by atoms with van der Waals surface area (Å²) < 4.78 is 0. The normalized spacial score (nSPS) is 9.62. The SMILES string of the molecule is Cc1ccc(C(=O)Nc2cncnc2)c(C#CCCO)c1. The van der Waals surface area contributed by atoms with Crippen molar-refractivity contribution in [2.45, 2.75) is 13.3 Å². The summed E-state index contributed by atoms with van der Waals surface area (Å²) in [7, 11) is 0. The second-order valence-electron chi connectivity index (χ2n) is 4.41. The van der Waals surface area contributed by atoms with E-state index < -0.39 is 0 Å². The van der Waals surface area contributed by atoms with Crippen molar-refractivity contribution in [3.8, 4) is 11.8 Å². The summed E-state index contributed by atoms with van der Waals surface area (Å²) in [5.74, 6) is 5.49. The number of anilines is 1. The van der Waals surface area contributed by atoms with E-state index in [4.69, 9.17) is 5.11 Å². The fourth-order valence-corrected chi connectivity index (χ4v) is 1.74. The largest absolute Gasteiger partial charge is 0.395 e. The van der Waals surface area contributed by atoms with Crippen LogP contribution in [0.2, 0.25) is 0 Å². The molecule has 0 saturated carbocycles. The van der Waals surface area contributed by atoms with Crippen molar-refractivity contribution < 1.29 is 9.90 Å². The lowest BCUT2D eigenvalue weighted by Gasteiger charge is -2.07. The van der Waals surface area contributed by atoms with Crippen LogP contribution in [0.4, 0.5) is 5.69 Å². The molecule has 2 N–H and O–H groups in total. The second kappa shape index (κ2) is 7.17. The molecule has 0 bridgehead atoms. The zero-order valence-electron chi connectivity index (χ0n) is 11.6. The van der Waals surface area contributed by atoms with Gasteiger partial charge in [0.2, 0.25) is 0 Å². The fraction of sp³-hybridized carbons (Fsp3) is 0.188. The first-order valence-electron chi connectivity index (χ1n) is 6.47. The van der Waals surface area contributed by atoms with Gasteiger partial charge in [-0.1, -0.05) is 17.9 Å². The second-order valence-corrected chi connectivity index (χ2v) is 4.41. The molecule has 0 radical (unpaired) electrons. The van der Waals surface area contributed by atoms with Gasteiger partial charge in [0.1, 0.15) is 6.33 Å². The Balaban J connectivity index is 2.26. The molecule has 0 aliphatic carbocycles. The molecule has 106 valence electrons. The summed E-state index contributed by atoms with van der Waals surface area (Å²) >= 11 is 0. The van der Waals surface area contributed by atoms with Crippen molar-refractivity contribution in [1.82, 2.24) is 9.97 Å². The molecule has 0 unspecified atom stereocenters. The van der Waals surface area contributed by atoms with E-state index in [1.54, 1.807) is 6.07 Å². The lowest BCUT2D eigenvalue weighted by molar-refractivity contribution is 0.102. The first-order valence-corrected chi connectivity index (χ1v) is 6.47. The molecule has 1 aromatic carbocycles. The van der Waals surface area contributed by atoms with Crippen LogP contribution < -0.4 is 5.32 Å². The standard InChI is InChI=1S/C16H15N3O2/c1-12-5-6-15(13(8-12)4-2-3-7-20)16(21)19-14-9-17-11-18-10-14/h5-6,8-11,20H,3,7H2,1H3,(H,19,21). The Labute approximate surface area is 123 Å². The smallest absolute Gasteiger partial charge is 0.257 e. The van der Waals surface area contributed by atoms with Crippen molar-refractivity contribution in [2.75, 3.05) is 11.9 Å². The monoisotopic (exact) mass is 281 g/mol. The number of nitrogens with zero attached hydrogens (tertiary/aromatic N) is 2. The molecule has 0 fully saturated rings. The molecule has 0 saturated heterocycles. The highest BCUT2D eigenvalue weighted by Crippen LogP contribution is 2.13. The summed E-state index contributed by atoms with van der Waals surface area (Å²) in [6.45, 7) is 1.94. The van der Waals surface area contributed by atoms with E-state index >= 15 is 0 Å². The van der Waals surface area contributed by atoms with Gasteiger partial charge in [0.25, 0.3) is 5.91 Å². The molecule has 2 aromatic rings. The quantitative estimate of drug-likeness (QED) is 0.841. The summed E-state index contributed by atoms with van der Waals surface area (Å²) in [6.07, 6.45) is 4.82. The minimum absolute atomic E-state index is 0.00169. The third-order valence-electron chi connectivity index (χ3n) is 2.70. The number of aromatic nitrogens is 2. The van der Waals surface area contributed by atoms with E-state index in [0.717, 1.165) is 5.56 Å². The zero-order valence-corrected chi connectivity index (χ0v) is 11.6. The molecule has 0 aliphatic rings. The minimum Gasteiger partial charge on any atom is -0.395 e. The van der Waals surface area contributed by atoms with Crippen LogP contribution in [0.25, 0.3) is 0 Å². The lowest BCUT2D eigenvalue weighted by Crippen LogP contribution is -2.14. The van der Waals surface area contributed by atoms with Crippen molar-refractivity contribution in [3.63, 3.8) is 0 Å². The van der Waals surface area contributed by atoms with Crippen molar-refractivity contribution in [2.24, 2.45) is 0 Å². The molecule has 5 nitrogen and oxygen atoms in total. The molecule has 0 spiro atoms. The molecule has 1 heterocycles. The molecule has 1 amide bonds. The van der Waals surface area contributed by atoms with Crippen LogP contribution >= 0.6 is 0 Å².